The SMILES string of the molecule is Cc1[nH]cnc1CN1C[C@@H]2CC[C@H](C1)N(C(=O)Cc1ccccc1F)C2. The van der Waals surface area contributed by atoms with Gasteiger partial charge >= 0.3 is 0 Å². The van der Waals surface area contributed by atoms with E-state index in [1.807, 2.05) is 11.8 Å². The molecular formula is C20H25FN4O. The molecule has 0 spiro atoms. The Kier molecular flexibility index (Phi) is 4.76. The molecule has 0 saturated carbocycles. The average molecular weight is 356 g/mol. The van der Waals surface area contributed by atoms with E-state index in [1.54, 1.807) is 24.5 Å². The highest BCUT2D eigenvalue weighted by atomic mass is 19.1. The fourth-order valence-electron chi connectivity index (χ4n) is 4.28. The first-order chi connectivity index (χ1) is 12.6. The molecule has 5 rings (SSSR count). The Bertz CT molecular complexity index is 790. The molecule has 3 saturated heterocycles. The van der Waals surface area contributed by atoms with E-state index in [9.17, 15) is 9.18 Å². The van der Waals surface area contributed by atoms with Gasteiger partial charge in [-0.15, -0.1) is 0 Å². The lowest BCUT2D eigenvalue weighted by Gasteiger charge is -2.36. The first-order valence-electron chi connectivity index (χ1n) is 9.34. The van der Waals surface area contributed by atoms with Crippen LogP contribution in [0.1, 0.15) is 29.8 Å². The predicted molar refractivity (Wildman–Crippen MR) is 96.9 cm³/mol. The van der Waals surface area contributed by atoms with Gasteiger partial charge < -0.3 is 9.88 Å². The van der Waals surface area contributed by atoms with Crippen LogP contribution in [0.5, 0.6) is 0 Å². The number of H-pyrrole nitrogens is 1. The van der Waals surface area contributed by atoms with Crippen LogP contribution >= 0.6 is 0 Å². The minimum absolute atomic E-state index is 0.0441. The molecule has 1 amide bonds. The van der Waals surface area contributed by atoms with Crippen molar-refractivity contribution in [3.8, 4) is 0 Å². The summed E-state index contributed by atoms with van der Waals surface area (Å²) in [5.74, 6) is 0.233. The Morgan fingerprint density at radius 1 is 1.27 bits per heavy atom. The third-order valence-corrected chi connectivity index (χ3v) is 5.72. The van der Waals surface area contributed by atoms with Gasteiger partial charge in [-0.1, -0.05) is 18.2 Å². The van der Waals surface area contributed by atoms with Crippen molar-refractivity contribution < 1.29 is 9.18 Å². The molecule has 0 aliphatic carbocycles. The van der Waals surface area contributed by atoms with E-state index < -0.39 is 0 Å². The summed E-state index contributed by atoms with van der Waals surface area (Å²) in [7, 11) is 0. The number of amides is 1. The molecule has 3 aliphatic rings. The van der Waals surface area contributed by atoms with Crippen LogP contribution in [-0.4, -0.2) is 51.4 Å². The number of rotatable bonds is 4. The number of aromatic nitrogens is 2. The van der Waals surface area contributed by atoms with Crippen LogP contribution in [0.2, 0.25) is 0 Å². The van der Waals surface area contributed by atoms with Crippen LogP contribution in [0, 0.1) is 18.7 Å². The summed E-state index contributed by atoms with van der Waals surface area (Å²) in [5.41, 5.74) is 2.67. The summed E-state index contributed by atoms with van der Waals surface area (Å²) in [6, 6.07) is 6.79. The Balaban J connectivity index is 1.45. The third-order valence-electron chi connectivity index (χ3n) is 5.72. The minimum atomic E-state index is -0.295. The van der Waals surface area contributed by atoms with Gasteiger partial charge in [-0.25, -0.2) is 9.37 Å². The molecule has 4 heterocycles. The summed E-state index contributed by atoms with van der Waals surface area (Å²) >= 11 is 0. The monoisotopic (exact) mass is 356 g/mol. The number of piperidine rings is 1. The Hall–Kier alpha value is -2.21. The van der Waals surface area contributed by atoms with Crippen LogP contribution in [-0.2, 0) is 17.8 Å². The molecule has 3 aliphatic heterocycles. The first-order valence-corrected chi connectivity index (χ1v) is 9.34. The number of imidazole rings is 1. The molecule has 5 nitrogen and oxygen atoms in total. The highest BCUT2D eigenvalue weighted by molar-refractivity contribution is 5.79. The Morgan fingerprint density at radius 2 is 2.12 bits per heavy atom. The van der Waals surface area contributed by atoms with E-state index in [0.29, 0.717) is 11.5 Å². The number of hydrogen-bond acceptors (Lipinski definition) is 3. The topological polar surface area (TPSA) is 52.2 Å². The zero-order valence-electron chi connectivity index (χ0n) is 15.1. The molecule has 3 fully saturated rings. The van der Waals surface area contributed by atoms with E-state index >= 15 is 0 Å². The lowest BCUT2D eigenvalue weighted by Crippen LogP contribution is -2.48. The molecule has 2 bridgehead atoms. The molecule has 2 aromatic rings. The quantitative estimate of drug-likeness (QED) is 0.916. The van der Waals surface area contributed by atoms with Gasteiger partial charge in [0, 0.05) is 37.9 Å². The van der Waals surface area contributed by atoms with Crippen molar-refractivity contribution in [2.75, 3.05) is 19.6 Å². The molecule has 0 unspecified atom stereocenters. The number of nitrogens with zero attached hydrogens (tertiary/aromatic N) is 3. The maximum Gasteiger partial charge on any atom is 0.227 e. The van der Waals surface area contributed by atoms with Crippen molar-refractivity contribution in [1.82, 2.24) is 19.8 Å². The number of nitrogens with one attached hydrogen (secondary N) is 1. The molecule has 6 heteroatoms. The largest absolute Gasteiger partial charge is 0.348 e. The summed E-state index contributed by atoms with van der Waals surface area (Å²) in [5, 5.41) is 0. The maximum absolute atomic E-state index is 13.9. The smallest absolute Gasteiger partial charge is 0.227 e. The van der Waals surface area contributed by atoms with Gasteiger partial charge in [0.05, 0.1) is 18.4 Å². The standard InChI is InChI=1S/C20H25FN4O/c1-14-19(23-13-22-14)12-24-9-15-6-7-17(11-24)25(10-15)20(26)8-16-4-2-3-5-18(16)21/h2-5,13,15,17H,6-12H2,1H3,(H,22,23)/t15-,17+/m0/s1. The predicted octanol–water partition coefficient (Wildman–Crippen LogP) is 2.52. The van der Waals surface area contributed by atoms with E-state index in [2.05, 4.69) is 14.9 Å². The van der Waals surface area contributed by atoms with Crippen molar-refractivity contribution in [1.29, 1.82) is 0 Å². The highest BCUT2D eigenvalue weighted by Crippen LogP contribution is 2.29. The summed E-state index contributed by atoms with van der Waals surface area (Å²) in [4.78, 5) is 24.8. The average Bonchev–Trinajstić information content (AvgIpc) is 2.84. The molecule has 1 aromatic heterocycles. The van der Waals surface area contributed by atoms with E-state index in [1.165, 1.54) is 6.07 Å². The number of carbonyl (C=O) groups excluding carboxylic acids is 1. The fourth-order valence-corrected chi connectivity index (χ4v) is 4.28. The van der Waals surface area contributed by atoms with Crippen molar-refractivity contribution in [2.45, 2.75) is 38.8 Å². The van der Waals surface area contributed by atoms with E-state index in [0.717, 1.165) is 50.4 Å². The molecule has 0 radical (unpaired) electrons. The molecule has 1 N–H and O–H groups in total. The fraction of sp³-hybridized carbons (Fsp3) is 0.500. The third kappa shape index (κ3) is 3.51. The number of aryl methyl sites for hydroxylation is 1. The van der Waals surface area contributed by atoms with E-state index in [4.69, 9.17) is 0 Å². The zero-order chi connectivity index (χ0) is 18.1. The van der Waals surface area contributed by atoms with Gasteiger partial charge in [-0.2, -0.15) is 0 Å². The first kappa shape index (κ1) is 17.2. The zero-order valence-corrected chi connectivity index (χ0v) is 15.1. The van der Waals surface area contributed by atoms with Crippen LogP contribution in [0.15, 0.2) is 30.6 Å². The van der Waals surface area contributed by atoms with Gasteiger partial charge in [-0.3, -0.25) is 9.69 Å². The Morgan fingerprint density at radius 3 is 2.88 bits per heavy atom. The second-order valence-electron chi connectivity index (χ2n) is 7.58. The summed E-state index contributed by atoms with van der Waals surface area (Å²) in [6.45, 7) is 5.50. The van der Waals surface area contributed by atoms with Crippen LogP contribution in [0.25, 0.3) is 0 Å². The highest BCUT2D eigenvalue weighted by Gasteiger charge is 2.37. The lowest BCUT2D eigenvalue weighted by molar-refractivity contribution is -0.134. The second kappa shape index (κ2) is 7.19. The van der Waals surface area contributed by atoms with Gasteiger partial charge in [0.2, 0.25) is 5.91 Å². The number of fused-ring (bicyclic) bond motifs is 4. The van der Waals surface area contributed by atoms with Crippen LogP contribution in [0.3, 0.4) is 0 Å². The summed E-state index contributed by atoms with van der Waals surface area (Å²) < 4.78 is 13.9. The molecular weight excluding hydrogens is 331 g/mol. The van der Waals surface area contributed by atoms with Crippen molar-refractivity contribution in [3.05, 3.63) is 53.4 Å². The van der Waals surface area contributed by atoms with Crippen molar-refractivity contribution in [3.63, 3.8) is 0 Å². The number of aromatic amines is 1. The van der Waals surface area contributed by atoms with Gasteiger partial charge in [0.1, 0.15) is 5.82 Å². The number of hydrogen-bond donors (Lipinski definition) is 1. The molecule has 1 aromatic carbocycles. The number of benzene rings is 1. The summed E-state index contributed by atoms with van der Waals surface area (Å²) in [6.07, 6.45) is 4.07. The number of carbonyl (C=O) groups is 1. The molecule has 2 atom stereocenters. The number of halogens is 1. The molecule has 26 heavy (non-hydrogen) atoms. The Labute approximate surface area is 153 Å². The van der Waals surface area contributed by atoms with Crippen molar-refractivity contribution in [2.24, 2.45) is 5.92 Å². The van der Waals surface area contributed by atoms with Crippen molar-refractivity contribution >= 4 is 5.91 Å². The minimum Gasteiger partial charge on any atom is -0.348 e. The second-order valence-corrected chi connectivity index (χ2v) is 7.58. The maximum atomic E-state index is 13.9. The lowest BCUT2D eigenvalue weighted by atomic mass is 9.94. The normalized spacial score (nSPS) is 23.2. The van der Waals surface area contributed by atoms with Gasteiger partial charge in [-0.05, 0) is 37.3 Å². The molecule has 138 valence electrons. The van der Waals surface area contributed by atoms with E-state index in [-0.39, 0.29) is 24.2 Å². The van der Waals surface area contributed by atoms with Gasteiger partial charge in [0.15, 0.2) is 0 Å². The van der Waals surface area contributed by atoms with Gasteiger partial charge in [0.25, 0.3) is 0 Å². The van der Waals surface area contributed by atoms with Crippen LogP contribution in [0.4, 0.5) is 4.39 Å². The van der Waals surface area contributed by atoms with Crippen LogP contribution < -0.4 is 0 Å².